The van der Waals surface area contributed by atoms with Crippen LogP contribution in [0.2, 0.25) is 0 Å². The Balaban J connectivity index is 1.93. The molecule has 2 heterocycles. The smallest absolute Gasteiger partial charge is 0.303 e. The first kappa shape index (κ1) is 15.2. The Bertz CT molecular complexity index is 491. The van der Waals surface area contributed by atoms with E-state index in [9.17, 15) is 14.4 Å². The number of nitrogens with one attached hydrogen (secondary N) is 1. The molecule has 2 aliphatic heterocycles. The predicted octanol–water partition coefficient (Wildman–Crippen LogP) is -0.280. The van der Waals surface area contributed by atoms with Gasteiger partial charge in [-0.15, -0.1) is 0 Å². The zero-order valence-electron chi connectivity index (χ0n) is 13.0. The summed E-state index contributed by atoms with van der Waals surface area (Å²) >= 11 is 0. The van der Waals surface area contributed by atoms with E-state index in [1.165, 1.54) is 18.9 Å². The first-order valence-corrected chi connectivity index (χ1v) is 7.33. The van der Waals surface area contributed by atoms with Gasteiger partial charge in [0.1, 0.15) is 6.10 Å². The fraction of sp³-hybridized carbons (Fsp3) is 0.786. The average molecular weight is 312 g/mol. The number of hydrogen-bond donors (Lipinski definition) is 1. The van der Waals surface area contributed by atoms with E-state index in [1.807, 2.05) is 0 Å². The lowest BCUT2D eigenvalue weighted by Gasteiger charge is -2.38. The van der Waals surface area contributed by atoms with Crippen LogP contribution in [0.3, 0.4) is 0 Å². The van der Waals surface area contributed by atoms with Crippen LogP contribution in [0.1, 0.15) is 34.1 Å². The second-order valence-electron chi connectivity index (χ2n) is 6.44. The van der Waals surface area contributed by atoms with E-state index >= 15 is 0 Å². The number of amides is 2. The van der Waals surface area contributed by atoms with Gasteiger partial charge in [0, 0.05) is 19.8 Å². The van der Waals surface area contributed by atoms with Crippen molar-refractivity contribution < 1.29 is 28.6 Å². The van der Waals surface area contributed by atoms with Gasteiger partial charge in [0.25, 0.3) is 5.91 Å². The third-order valence-corrected chi connectivity index (χ3v) is 4.25. The summed E-state index contributed by atoms with van der Waals surface area (Å²) < 4.78 is 17.0. The molecule has 0 spiro atoms. The van der Waals surface area contributed by atoms with Crippen molar-refractivity contribution in [3.8, 4) is 0 Å². The number of nitrogens with zero attached hydrogens (tertiary/aromatic N) is 1. The molecule has 8 heteroatoms. The van der Waals surface area contributed by atoms with E-state index in [1.54, 1.807) is 13.8 Å². The van der Waals surface area contributed by atoms with Crippen molar-refractivity contribution in [3.63, 3.8) is 0 Å². The minimum Gasteiger partial charge on any atom is -0.452 e. The molecule has 5 atom stereocenters. The van der Waals surface area contributed by atoms with Gasteiger partial charge in [-0.05, 0) is 20.3 Å². The van der Waals surface area contributed by atoms with Gasteiger partial charge in [0.2, 0.25) is 5.91 Å². The Morgan fingerprint density at radius 3 is 2.50 bits per heavy atom. The van der Waals surface area contributed by atoms with Gasteiger partial charge in [-0.1, -0.05) is 0 Å². The minimum atomic E-state index is -0.965. The highest BCUT2D eigenvalue weighted by molar-refractivity contribution is 5.87. The molecule has 3 rings (SSSR count). The third kappa shape index (κ3) is 2.36. The number of esters is 1. The van der Waals surface area contributed by atoms with E-state index < -0.39 is 23.8 Å². The number of carbonyl (C=O) groups excluding carboxylic acids is 3. The van der Waals surface area contributed by atoms with Gasteiger partial charge >= 0.3 is 5.97 Å². The SMILES string of the molecule is CC(=O)NN1C(=O)[C@@H](OC(C)=O)[C@H]2C[C@@H]1[C@@H]1OC(C)(C)O[C@H]21. The second-order valence-corrected chi connectivity index (χ2v) is 6.44. The molecule has 2 saturated heterocycles. The van der Waals surface area contributed by atoms with E-state index in [2.05, 4.69) is 5.43 Å². The Morgan fingerprint density at radius 1 is 1.27 bits per heavy atom. The molecule has 3 aliphatic rings. The van der Waals surface area contributed by atoms with Crippen molar-refractivity contribution in [3.05, 3.63) is 0 Å². The predicted molar refractivity (Wildman–Crippen MR) is 71.9 cm³/mol. The summed E-state index contributed by atoms with van der Waals surface area (Å²) in [6.07, 6.45) is -1.11. The first-order chi connectivity index (χ1) is 10.2. The largest absolute Gasteiger partial charge is 0.452 e. The topological polar surface area (TPSA) is 94.2 Å². The summed E-state index contributed by atoms with van der Waals surface area (Å²) in [5, 5.41) is 1.24. The maximum Gasteiger partial charge on any atom is 0.303 e. The van der Waals surface area contributed by atoms with Crippen LogP contribution in [-0.2, 0) is 28.6 Å². The monoisotopic (exact) mass is 312 g/mol. The van der Waals surface area contributed by atoms with Crippen LogP contribution in [-0.4, -0.2) is 52.9 Å². The lowest BCUT2D eigenvalue weighted by atomic mass is 9.94. The zero-order valence-corrected chi connectivity index (χ0v) is 13.0. The van der Waals surface area contributed by atoms with Crippen LogP contribution < -0.4 is 5.43 Å². The van der Waals surface area contributed by atoms with Crippen molar-refractivity contribution in [1.82, 2.24) is 10.4 Å². The van der Waals surface area contributed by atoms with Crippen LogP contribution in [0.15, 0.2) is 0 Å². The Kier molecular flexibility index (Phi) is 3.41. The molecule has 1 saturated carbocycles. The molecule has 1 N–H and O–H groups in total. The number of hydrogen-bond acceptors (Lipinski definition) is 6. The molecule has 8 nitrogen and oxygen atoms in total. The fourth-order valence-electron chi connectivity index (χ4n) is 3.65. The first-order valence-electron chi connectivity index (χ1n) is 7.33. The van der Waals surface area contributed by atoms with Gasteiger partial charge in [0.15, 0.2) is 11.9 Å². The summed E-state index contributed by atoms with van der Waals surface area (Å²) in [5.74, 6) is -2.38. The minimum absolute atomic E-state index is 0.266. The van der Waals surface area contributed by atoms with Gasteiger partial charge in [-0.3, -0.25) is 19.8 Å². The zero-order chi connectivity index (χ0) is 16.2. The molecule has 22 heavy (non-hydrogen) atoms. The molecule has 2 amide bonds. The summed E-state index contributed by atoms with van der Waals surface area (Å²) in [4.78, 5) is 35.3. The van der Waals surface area contributed by atoms with Crippen LogP contribution in [0.4, 0.5) is 0 Å². The standard InChI is InChI=1S/C14H20N2O6/c1-6(17)15-16-9-5-8(11(13(16)19)20-7(2)18)10-12(9)22-14(3,4)21-10/h8-12H,5H2,1-4H3,(H,15,17)/t8-,9+,10+,11-,12-/m0/s1. The van der Waals surface area contributed by atoms with Crippen LogP contribution >= 0.6 is 0 Å². The highest BCUT2D eigenvalue weighted by Gasteiger charge is 2.64. The second kappa shape index (κ2) is 4.92. The molecular weight excluding hydrogens is 292 g/mol. The molecule has 0 aromatic rings. The van der Waals surface area contributed by atoms with Crippen molar-refractivity contribution >= 4 is 17.8 Å². The Labute approximate surface area is 128 Å². The van der Waals surface area contributed by atoms with Crippen LogP contribution in [0, 0.1) is 5.92 Å². The summed E-state index contributed by atoms with van der Waals surface area (Å²) in [6, 6.07) is -0.319. The van der Waals surface area contributed by atoms with Gasteiger partial charge < -0.3 is 14.2 Å². The van der Waals surface area contributed by atoms with E-state index in [4.69, 9.17) is 14.2 Å². The molecule has 0 radical (unpaired) electrons. The molecule has 0 unspecified atom stereocenters. The summed E-state index contributed by atoms with van der Waals surface area (Å²) in [7, 11) is 0. The van der Waals surface area contributed by atoms with E-state index in [0.29, 0.717) is 6.42 Å². The lowest BCUT2D eigenvalue weighted by Crippen LogP contribution is -2.60. The Morgan fingerprint density at radius 2 is 1.91 bits per heavy atom. The quantitative estimate of drug-likeness (QED) is 0.705. The van der Waals surface area contributed by atoms with Crippen molar-refractivity contribution in [2.45, 2.75) is 64.3 Å². The molecule has 122 valence electrons. The number of carbonyl (C=O) groups is 3. The number of hydrazine groups is 1. The lowest BCUT2D eigenvalue weighted by molar-refractivity contribution is -0.193. The molecule has 0 aromatic carbocycles. The van der Waals surface area contributed by atoms with E-state index in [0.717, 1.165) is 0 Å². The number of piperidine rings is 1. The maximum absolute atomic E-state index is 12.6. The average Bonchev–Trinajstić information content (AvgIpc) is 2.83. The normalized spacial score (nSPS) is 38.6. The maximum atomic E-state index is 12.6. The fourth-order valence-corrected chi connectivity index (χ4v) is 3.65. The van der Waals surface area contributed by atoms with Gasteiger partial charge in [0.05, 0.1) is 12.1 Å². The molecule has 0 aromatic heterocycles. The Hall–Kier alpha value is -1.67. The number of rotatable bonds is 2. The van der Waals surface area contributed by atoms with Crippen LogP contribution in [0.25, 0.3) is 0 Å². The molecule has 3 fully saturated rings. The molecule has 2 bridgehead atoms. The highest BCUT2D eigenvalue weighted by atomic mass is 16.8. The van der Waals surface area contributed by atoms with Crippen molar-refractivity contribution in [1.29, 1.82) is 0 Å². The summed E-state index contributed by atoms with van der Waals surface area (Å²) in [6.45, 7) is 6.17. The third-order valence-electron chi connectivity index (χ3n) is 4.25. The number of fused-ring (bicyclic) bond motifs is 5. The van der Waals surface area contributed by atoms with Gasteiger partial charge in [-0.25, -0.2) is 5.01 Å². The number of ether oxygens (including phenoxy) is 3. The molecule has 1 aliphatic carbocycles. The van der Waals surface area contributed by atoms with Crippen molar-refractivity contribution in [2.75, 3.05) is 0 Å². The van der Waals surface area contributed by atoms with Crippen LogP contribution in [0.5, 0.6) is 0 Å². The van der Waals surface area contributed by atoms with E-state index in [-0.39, 0.29) is 30.1 Å². The highest BCUT2D eigenvalue weighted by Crippen LogP contribution is 2.48. The van der Waals surface area contributed by atoms with Crippen molar-refractivity contribution in [2.24, 2.45) is 5.92 Å². The van der Waals surface area contributed by atoms with Gasteiger partial charge in [-0.2, -0.15) is 0 Å². The summed E-state index contributed by atoms with van der Waals surface area (Å²) in [5.41, 5.74) is 2.52. The molecular formula is C14H20N2O6.